The molecule has 0 aliphatic heterocycles. The van der Waals surface area contributed by atoms with Crippen LogP contribution in [-0.4, -0.2) is 0 Å². The number of nitriles is 1. The van der Waals surface area contributed by atoms with Gasteiger partial charge in [-0.3, -0.25) is 0 Å². The van der Waals surface area contributed by atoms with E-state index in [1.807, 2.05) is 0 Å². The smallest absolute Gasteiger partial charge is 0.0918 e. The quantitative estimate of drug-likeness (QED) is 0.707. The van der Waals surface area contributed by atoms with Crippen LogP contribution in [0, 0.1) is 39.0 Å². The zero-order chi connectivity index (χ0) is 14.7. The molecular formula is C19H19N. The first-order chi connectivity index (χ1) is 9.49. The Kier molecular flexibility index (Phi) is 4.05. The molecule has 0 fully saturated rings. The van der Waals surface area contributed by atoms with Crippen LogP contribution in [0.5, 0.6) is 0 Å². The van der Waals surface area contributed by atoms with Crippen molar-refractivity contribution < 1.29 is 0 Å². The SMILES string of the molecule is Cc1cc(C)cc(C(=CC#N)c2cc(C)cc(C)c2)c1. The third-order valence-electron chi connectivity index (χ3n) is 3.27. The van der Waals surface area contributed by atoms with Gasteiger partial charge in [-0.05, 0) is 44.4 Å². The van der Waals surface area contributed by atoms with E-state index in [0.29, 0.717) is 0 Å². The summed E-state index contributed by atoms with van der Waals surface area (Å²) in [6, 6.07) is 15.0. The summed E-state index contributed by atoms with van der Waals surface area (Å²) in [4.78, 5) is 0. The first kappa shape index (κ1) is 14.1. The lowest BCUT2D eigenvalue weighted by atomic mass is 9.93. The van der Waals surface area contributed by atoms with E-state index in [9.17, 15) is 0 Å². The summed E-state index contributed by atoms with van der Waals surface area (Å²) in [5.74, 6) is 0. The van der Waals surface area contributed by atoms with Crippen LogP contribution in [0.3, 0.4) is 0 Å². The van der Waals surface area contributed by atoms with Crippen LogP contribution < -0.4 is 0 Å². The summed E-state index contributed by atoms with van der Waals surface area (Å²) in [7, 11) is 0. The Labute approximate surface area is 121 Å². The monoisotopic (exact) mass is 261 g/mol. The van der Waals surface area contributed by atoms with Crippen molar-refractivity contribution in [3.8, 4) is 6.07 Å². The second kappa shape index (κ2) is 5.75. The highest BCUT2D eigenvalue weighted by molar-refractivity contribution is 5.82. The van der Waals surface area contributed by atoms with E-state index in [4.69, 9.17) is 5.26 Å². The van der Waals surface area contributed by atoms with E-state index in [1.165, 1.54) is 22.3 Å². The molecule has 1 heteroatoms. The predicted molar refractivity (Wildman–Crippen MR) is 84.5 cm³/mol. The molecular weight excluding hydrogens is 242 g/mol. The molecule has 0 atom stereocenters. The first-order valence-corrected chi connectivity index (χ1v) is 6.77. The first-order valence-electron chi connectivity index (χ1n) is 6.77. The van der Waals surface area contributed by atoms with Crippen molar-refractivity contribution in [1.29, 1.82) is 5.26 Å². The average molecular weight is 261 g/mol. The Morgan fingerprint density at radius 3 is 1.40 bits per heavy atom. The van der Waals surface area contributed by atoms with Crippen LogP contribution in [0.4, 0.5) is 0 Å². The van der Waals surface area contributed by atoms with E-state index < -0.39 is 0 Å². The normalized spacial score (nSPS) is 9.95. The third-order valence-corrected chi connectivity index (χ3v) is 3.27. The van der Waals surface area contributed by atoms with Gasteiger partial charge in [0.25, 0.3) is 0 Å². The molecule has 0 radical (unpaired) electrons. The number of rotatable bonds is 2. The highest BCUT2D eigenvalue weighted by atomic mass is 14.2. The number of benzene rings is 2. The highest BCUT2D eigenvalue weighted by Crippen LogP contribution is 2.26. The molecule has 0 bridgehead atoms. The zero-order valence-corrected chi connectivity index (χ0v) is 12.5. The minimum Gasteiger partial charge on any atom is -0.193 e. The minimum atomic E-state index is 0.992. The van der Waals surface area contributed by atoms with Crippen LogP contribution >= 0.6 is 0 Å². The van der Waals surface area contributed by atoms with Gasteiger partial charge in [-0.15, -0.1) is 0 Å². The lowest BCUT2D eigenvalue weighted by Gasteiger charge is -2.11. The van der Waals surface area contributed by atoms with Crippen molar-refractivity contribution in [3.05, 3.63) is 75.9 Å². The van der Waals surface area contributed by atoms with Gasteiger partial charge < -0.3 is 0 Å². The van der Waals surface area contributed by atoms with E-state index in [1.54, 1.807) is 6.08 Å². The van der Waals surface area contributed by atoms with E-state index in [0.717, 1.165) is 16.7 Å². The summed E-state index contributed by atoms with van der Waals surface area (Å²) >= 11 is 0. The second-order valence-electron chi connectivity index (χ2n) is 5.44. The third kappa shape index (κ3) is 3.16. The van der Waals surface area contributed by atoms with E-state index >= 15 is 0 Å². The molecule has 0 heterocycles. The Morgan fingerprint density at radius 1 is 0.750 bits per heavy atom. The van der Waals surface area contributed by atoms with Gasteiger partial charge >= 0.3 is 0 Å². The van der Waals surface area contributed by atoms with Crippen LogP contribution in [0.1, 0.15) is 33.4 Å². The van der Waals surface area contributed by atoms with Crippen molar-refractivity contribution >= 4 is 5.57 Å². The molecule has 0 aromatic heterocycles. The van der Waals surface area contributed by atoms with Crippen molar-refractivity contribution in [2.75, 3.05) is 0 Å². The van der Waals surface area contributed by atoms with Crippen molar-refractivity contribution in [2.45, 2.75) is 27.7 Å². The fourth-order valence-electron chi connectivity index (χ4n) is 2.66. The number of aryl methyl sites for hydroxylation is 4. The Bertz CT molecular complexity index is 621. The Morgan fingerprint density at radius 2 is 1.10 bits per heavy atom. The van der Waals surface area contributed by atoms with Gasteiger partial charge in [0, 0.05) is 6.08 Å². The van der Waals surface area contributed by atoms with Crippen molar-refractivity contribution in [3.63, 3.8) is 0 Å². The summed E-state index contributed by atoms with van der Waals surface area (Å²) < 4.78 is 0. The highest BCUT2D eigenvalue weighted by Gasteiger charge is 2.07. The molecule has 100 valence electrons. The Balaban J connectivity index is 2.63. The molecule has 0 unspecified atom stereocenters. The standard InChI is InChI=1S/C19H19N/c1-13-7-14(2)10-17(9-13)19(5-6-20)18-11-15(3)8-16(4)12-18/h5,7-12H,1-4H3. The molecule has 0 spiro atoms. The molecule has 2 rings (SSSR count). The molecule has 0 aliphatic carbocycles. The number of hydrogen-bond acceptors (Lipinski definition) is 1. The molecule has 0 aliphatic rings. The van der Waals surface area contributed by atoms with Gasteiger partial charge in [0.15, 0.2) is 0 Å². The maximum absolute atomic E-state index is 9.11. The van der Waals surface area contributed by atoms with Crippen LogP contribution in [0.25, 0.3) is 5.57 Å². The second-order valence-corrected chi connectivity index (χ2v) is 5.44. The number of nitrogens with zero attached hydrogens (tertiary/aromatic N) is 1. The van der Waals surface area contributed by atoms with E-state index in [-0.39, 0.29) is 0 Å². The number of hydrogen-bond donors (Lipinski definition) is 0. The molecule has 0 saturated carbocycles. The van der Waals surface area contributed by atoms with Gasteiger partial charge in [0.05, 0.1) is 6.07 Å². The van der Waals surface area contributed by atoms with Crippen molar-refractivity contribution in [1.82, 2.24) is 0 Å². The lowest BCUT2D eigenvalue weighted by molar-refractivity contribution is 1.34. The maximum Gasteiger partial charge on any atom is 0.0918 e. The molecule has 0 saturated heterocycles. The summed E-state index contributed by atoms with van der Waals surface area (Å²) in [6.07, 6.45) is 1.64. The fraction of sp³-hybridized carbons (Fsp3) is 0.211. The molecule has 1 nitrogen and oxygen atoms in total. The number of allylic oxidation sites excluding steroid dienone is 1. The molecule has 2 aromatic carbocycles. The molecule has 20 heavy (non-hydrogen) atoms. The van der Waals surface area contributed by atoms with Gasteiger partial charge in [0.1, 0.15) is 0 Å². The summed E-state index contributed by atoms with van der Waals surface area (Å²) in [5.41, 5.74) is 8.07. The average Bonchev–Trinajstić information content (AvgIpc) is 2.33. The molecule has 2 aromatic rings. The van der Waals surface area contributed by atoms with E-state index in [2.05, 4.69) is 70.2 Å². The topological polar surface area (TPSA) is 23.8 Å². The van der Waals surface area contributed by atoms with Crippen molar-refractivity contribution in [2.24, 2.45) is 0 Å². The largest absolute Gasteiger partial charge is 0.193 e. The summed E-state index contributed by atoms with van der Waals surface area (Å²) in [6.45, 7) is 8.34. The van der Waals surface area contributed by atoms with Crippen LogP contribution in [0.15, 0.2) is 42.5 Å². The van der Waals surface area contributed by atoms with Crippen LogP contribution in [-0.2, 0) is 0 Å². The maximum atomic E-state index is 9.11. The van der Waals surface area contributed by atoms with Crippen LogP contribution in [0.2, 0.25) is 0 Å². The van der Waals surface area contributed by atoms with Gasteiger partial charge in [-0.1, -0.05) is 58.7 Å². The zero-order valence-electron chi connectivity index (χ0n) is 12.5. The Hall–Kier alpha value is -2.33. The van der Waals surface area contributed by atoms with Gasteiger partial charge in [-0.25, -0.2) is 0 Å². The van der Waals surface area contributed by atoms with Gasteiger partial charge in [0.2, 0.25) is 0 Å². The molecule has 0 amide bonds. The summed E-state index contributed by atoms with van der Waals surface area (Å²) in [5, 5.41) is 9.11. The minimum absolute atomic E-state index is 0.992. The fourth-order valence-corrected chi connectivity index (χ4v) is 2.66. The molecule has 0 N–H and O–H groups in total. The predicted octanol–water partition coefficient (Wildman–Crippen LogP) is 4.88. The van der Waals surface area contributed by atoms with Gasteiger partial charge in [-0.2, -0.15) is 5.26 Å². The lowest BCUT2D eigenvalue weighted by Crippen LogP contribution is -1.92.